The van der Waals surface area contributed by atoms with E-state index in [0.717, 1.165) is 4.88 Å². The molecule has 3 heterocycles. The van der Waals surface area contributed by atoms with Crippen LogP contribution in [0.1, 0.15) is 4.88 Å². The normalized spacial score (nSPS) is 10.3. The lowest BCUT2D eigenvalue weighted by Gasteiger charge is -1.83. The van der Waals surface area contributed by atoms with E-state index < -0.39 is 0 Å². The second-order valence-electron chi connectivity index (χ2n) is 3.14. The Hall–Kier alpha value is -2.46. The van der Waals surface area contributed by atoms with Crippen LogP contribution >= 0.6 is 11.3 Å². The smallest absolute Gasteiger partial charge is 0.268 e. The Morgan fingerprint density at radius 3 is 3.06 bits per heavy atom. The maximum atomic E-state index is 8.73. The highest BCUT2D eigenvalue weighted by atomic mass is 32.1. The van der Waals surface area contributed by atoms with Crippen molar-refractivity contribution in [3.8, 4) is 28.5 Å². The topological polar surface area (TPSA) is 91.4 Å². The summed E-state index contributed by atoms with van der Waals surface area (Å²) in [6.07, 6.45) is 3.30. The third-order valence-corrected chi connectivity index (χ3v) is 3.04. The lowest BCUT2D eigenvalue weighted by molar-refractivity contribution is 0.433. The standard InChI is InChI=1S/C10H5N5OS/c11-5-6-1-2-7(17-6)10-14-9(15-16-10)8-12-3-4-13-8/h1-4H,(H,12,13). The third-order valence-electron chi connectivity index (χ3n) is 2.06. The van der Waals surface area contributed by atoms with Gasteiger partial charge in [-0.3, -0.25) is 0 Å². The van der Waals surface area contributed by atoms with Gasteiger partial charge in [-0.1, -0.05) is 5.16 Å². The number of nitriles is 1. The molecule has 3 aromatic rings. The van der Waals surface area contributed by atoms with Crippen LogP contribution in [0.15, 0.2) is 29.0 Å². The highest BCUT2D eigenvalue weighted by Gasteiger charge is 2.13. The van der Waals surface area contributed by atoms with E-state index in [4.69, 9.17) is 9.78 Å². The number of hydrogen-bond donors (Lipinski definition) is 1. The Bertz CT molecular complexity index is 676. The van der Waals surface area contributed by atoms with Gasteiger partial charge in [-0.25, -0.2) is 4.98 Å². The van der Waals surface area contributed by atoms with Crippen LogP contribution < -0.4 is 0 Å². The van der Waals surface area contributed by atoms with Crippen molar-refractivity contribution in [1.29, 1.82) is 5.26 Å². The van der Waals surface area contributed by atoms with Gasteiger partial charge in [0.25, 0.3) is 5.89 Å². The summed E-state index contributed by atoms with van der Waals surface area (Å²) in [5, 5.41) is 12.5. The Labute approximate surface area is 99.6 Å². The van der Waals surface area contributed by atoms with Crippen molar-refractivity contribution in [2.75, 3.05) is 0 Å². The van der Waals surface area contributed by atoms with Crippen LogP contribution in [0.4, 0.5) is 0 Å². The molecule has 0 unspecified atom stereocenters. The number of aromatic amines is 1. The maximum absolute atomic E-state index is 8.73. The molecule has 0 amide bonds. The number of hydrogen-bond acceptors (Lipinski definition) is 6. The van der Waals surface area contributed by atoms with E-state index in [0.29, 0.717) is 22.4 Å². The van der Waals surface area contributed by atoms with Crippen LogP contribution in [0.3, 0.4) is 0 Å². The van der Waals surface area contributed by atoms with Crippen molar-refractivity contribution >= 4 is 11.3 Å². The van der Waals surface area contributed by atoms with Gasteiger partial charge in [0, 0.05) is 12.4 Å². The van der Waals surface area contributed by atoms with E-state index >= 15 is 0 Å². The molecule has 3 rings (SSSR count). The summed E-state index contributed by atoms with van der Waals surface area (Å²) >= 11 is 1.31. The van der Waals surface area contributed by atoms with E-state index in [1.807, 2.05) is 0 Å². The number of nitrogens with one attached hydrogen (secondary N) is 1. The zero-order valence-electron chi connectivity index (χ0n) is 8.41. The highest BCUT2D eigenvalue weighted by molar-refractivity contribution is 7.15. The molecule has 0 bridgehead atoms. The summed E-state index contributed by atoms with van der Waals surface area (Å²) in [6, 6.07) is 5.56. The van der Waals surface area contributed by atoms with E-state index in [9.17, 15) is 0 Å². The van der Waals surface area contributed by atoms with Crippen LogP contribution in [0.25, 0.3) is 22.4 Å². The van der Waals surface area contributed by atoms with Gasteiger partial charge in [0.1, 0.15) is 10.9 Å². The van der Waals surface area contributed by atoms with Crippen LogP contribution in [0.2, 0.25) is 0 Å². The number of H-pyrrole nitrogens is 1. The zero-order chi connectivity index (χ0) is 11.7. The SMILES string of the molecule is N#Cc1ccc(-c2nc(-c3ncc[nH]3)no2)s1. The molecule has 0 aliphatic heterocycles. The number of nitrogens with zero attached hydrogens (tertiary/aromatic N) is 4. The first kappa shape index (κ1) is 9.74. The first-order chi connectivity index (χ1) is 8.36. The van der Waals surface area contributed by atoms with Crippen molar-refractivity contribution in [2.45, 2.75) is 0 Å². The van der Waals surface area contributed by atoms with Gasteiger partial charge >= 0.3 is 0 Å². The second-order valence-corrected chi connectivity index (χ2v) is 4.22. The fourth-order valence-electron chi connectivity index (χ4n) is 1.32. The molecule has 82 valence electrons. The molecule has 1 N–H and O–H groups in total. The van der Waals surface area contributed by atoms with Gasteiger partial charge < -0.3 is 9.51 Å². The number of imidazole rings is 1. The summed E-state index contributed by atoms with van der Waals surface area (Å²) in [7, 11) is 0. The summed E-state index contributed by atoms with van der Waals surface area (Å²) in [4.78, 5) is 12.5. The largest absolute Gasteiger partial charge is 0.342 e. The summed E-state index contributed by atoms with van der Waals surface area (Å²) < 4.78 is 5.11. The fraction of sp³-hybridized carbons (Fsp3) is 0. The van der Waals surface area contributed by atoms with E-state index in [2.05, 4.69) is 26.2 Å². The summed E-state index contributed by atoms with van der Waals surface area (Å²) in [5.41, 5.74) is 0. The quantitative estimate of drug-likeness (QED) is 0.743. The third kappa shape index (κ3) is 1.70. The first-order valence-corrected chi connectivity index (χ1v) is 5.52. The monoisotopic (exact) mass is 243 g/mol. The van der Waals surface area contributed by atoms with E-state index in [-0.39, 0.29) is 0 Å². The summed E-state index contributed by atoms with van der Waals surface area (Å²) in [5.74, 6) is 1.34. The minimum atomic E-state index is 0.392. The molecule has 0 saturated heterocycles. The minimum Gasteiger partial charge on any atom is -0.342 e. The average molecular weight is 243 g/mol. The van der Waals surface area contributed by atoms with E-state index in [1.165, 1.54) is 11.3 Å². The van der Waals surface area contributed by atoms with Crippen molar-refractivity contribution in [3.63, 3.8) is 0 Å². The molecule has 0 aliphatic carbocycles. The molecular weight excluding hydrogens is 238 g/mol. The number of rotatable bonds is 2. The van der Waals surface area contributed by atoms with Gasteiger partial charge in [0.15, 0.2) is 5.82 Å². The molecule has 0 aromatic carbocycles. The Kier molecular flexibility index (Phi) is 2.20. The van der Waals surface area contributed by atoms with Crippen molar-refractivity contribution < 1.29 is 4.52 Å². The van der Waals surface area contributed by atoms with Crippen molar-refractivity contribution in [2.24, 2.45) is 0 Å². The van der Waals surface area contributed by atoms with E-state index in [1.54, 1.807) is 24.5 Å². The van der Waals surface area contributed by atoms with Gasteiger partial charge in [0.05, 0.1) is 4.88 Å². The maximum Gasteiger partial charge on any atom is 0.268 e. The zero-order valence-corrected chi connectivity index (χ0v) is 9.23. The van der Waals surface area contributed by atoms with Gasteiger partial charge in [-0.2, -0.15) is 10.2 Å². The minimum absolute atomic E-state index is 0.392. The Balaban J connectivity index is 1.98. The van der Waals surface area contributed by atoms with Crippen molar-refractivity contribution in [1.82, 2.24) is 20.1 Å². The van der Waals surface area contributed by atoms with Crippen LogP contribution in [0, 0.1) is 11.3 Å². The molecule has 0 spiro atoms. The average Bonchev–Trinajstić information content (AvgIpc) is 3.09. The van der Waals surface area contributed by atoms with Crippen LogP contribution in [0.5, 0.6) is 0 Å². The van der Waals surface area contributed by atoms with Gasteiger partial charge in [-0.05, 0) is 12.1 Å². The van der Waals surface area contributed by atoms with Crippen LogP contribution in [-0.2, 0) is 0 Å². The molecule has 17 heavy (non-hydrogen) atoms. The predicted molar refractivity (Wildman–Crippen MR) is 59.9 cm³/mol. The van der Waals surface area contributed by atoms with Crippen molar-refractivity contribution in [3.05, 3.63) is 29.4 Å². The molecule has 3 aromatic heterocycles. The Morgan fingerprint density at radius 1 is 1.41 bits per heavy atom. The first-order valence-electron chi connectivity index (χ1n) is 4.70. The number of aromatic nitrogens is 4. The number of thiophene rings is 1. The molecule has 0 radical (unpaired) electrons. The van der Waals surface area contributed by atoms with Gasteiger partial charge in [-0.15, -0.1) is 11.3 Å². The molecule has 7 heteroatoms. The second kappa shape index (κ2) is 3.84. The Morgan fingerprint density at radius 2 is 2.35 bits per heavy atom. The fourth-order valence-corrected chi connectivity index (χ4v) is 2.05. The molecule has 0 fully saturated rings. The lowest BCUT2D eigenvalue weighted by Crippen LogP contribution is -1.82. The van der Waals surface area contributed by atoms with Crippen LogP contribution in [-0.4, -0.2) is 20.1 Å². The molecular formula is C10H5N5OS. The summed E-state index contributed by atoms with van der Waals surface area (Å²) in [6.45, 7) is 0. The highest BCUT2D eigenvalue weighted by Crippen LogP contribution is 2.27. The molecule has 0 saturated carbocycles. The molecule has 0 atom stereocenters. The van der Waals surface area contributed by atoms with Gasteiger partial charge in [0.2, 0.25) is 5.82 Å². The lowest BCUT2D eigenvalue weighted by atomic mass is 10.4. The predicted octanol–water partition coefficient (Wildman–Crippen LogP) is 2.06. The molecule has 0 aliphatic rings. The molecule has 6 nitrogen and oxygen atoms in total.